The summed E-state index contributed by atoms with van der Waals surface area (Å²) in [6.07, 6.45) is 5.12. The Morgan fingerprint density at radius 1 is 1.14 bits per heavy atom. The Morgan fingerprint density at radius 2 is 1.95 bits per heavy atom. The van der Waals surface area contributed by atoms with Gasteiger partial charge in [0, 0.05) is 31.0 Å². The average Bonchev–Trinajstić information content (AvgIpc) is 3.03. The lowest BCUT2D eigenvalue weighted by atomic mass is 10.1. The van der Waals surface area contributed by atoms with Crippen molar-refractivity contribution in [2.24, 2.45) is 7.05 Å². The number of aromatic nitrogens is 4. The van der Waals surface area contributed by atoms with Crippen molar-refractivity contribution in [3.63, 3.8) is 0 Å². The van der Waals surface area contributed by atoms with Crippen molar-refractivity contribution in [2.75, 3.05) is 6.54 Å². The van der Waals surface area contributed by atoms with Crippen molar-refractivity contribution in [1.82, 2.24) is 24.9 Å². The summed E-state index contributed by atoms with van der Waals surface area (Å²) >= 11 is 0. The summed E-state index contributed by atoms with van der Waals surface area (Å²) in [4.78, 5) is 0. The molecule has 0 aliphatic heterocycles. The standard InChI is InChI=1S/C16H27N5/c1-5-9-17-11-14-15(6-2)19-21(16(14)7-3)12-13-8-10-20(4)18-13/h8,10,17H,5-7,9,11-12H2,1-4H3. The molecule has 1 N–H and O–H groups in total. The summed E-state index contributed by atoms with van der Waals surface area (Å²) in [6, 6.07) is 2.06. The molecule has 0 saturated heterocycles. The topological polar surface area (TPSA) is 47.7 Å². The van der Waals surface area contributed by atoms with E-state index in [0.29, 0.717) is 0 Å². The van der Waals surface area contributed by atoms with Crippen LogP contribution in [0.15, 0.2) is 12.3 Å². The minimum atomic E-state index is 0.755. The maximum Gasteiger partial charge on any atom is 0.0853 e. The molecule has 0 aliphatic rings. The second kappa shape index (κ2) is 7.41. The first kappa shape index (κ1) is 15.8. The van der Waals surface area contributed by atoms with Gasteiger partial charge < -0.3 is 5.32 Å². The second-order valence-corrected chi connectivity index (χ2v) is 5.39. The molecule has 21 heavy (non-hydrogen) atoms. The molecule has 0 atom stereocenters. The Labute approximate surface area is 127 Å². The highest BCUT2D eigenvalue weighted by Gasteiger charge is 2.15. The average molecular weight is 289 g/mol. The molecular formula is C16H27N5. The van der Waals surface area contributed by atoms with E-state index in [9.17, 15) is 0 Å². The van der Waals surface area contributed by atoms with E-state index >= 15 is 0 Å². The minimum absolute atomic E-state index is 0.755. The molecule has 0 amide bonds. The third-order valence-electron chi connectivity index (χ3n) is 3.73. The fraction of sp³-hybridized carbons (Fsp3) is 0.625. The highest BCUT2D eigenvalue weighted by atomic mass is 15.3. The first-order chi connectivity index (χ1) is 10.2. The first-order valence-electron chi connectivity index (χ1n) is 7.96. The van der Waals surface area contributed by atoms with Crippen LogP contribution in [-0.4, -0.2) is 26.1 Å². The van der Waals surface area contributed by atoms with Crippen molar-refractivity contribution < 1.29 is 0 Å². The smallest absolute Gasteiger partial charge is 0.0853 e. The van der Waals surface area contributed by atoms with Crippen LogP contribution in [-0.2, 0) is 33.0 Å². The van der Waals surface area contributed by atoms with Crippen LogP contribution in [0.5, 0.6) is 0 Å². The molecular weight excluding hydrogens is 262 g/mol. The number of nitrogens with zero attached hydrogens (tertiary/aromatic N) is 4. The minimum Gasteiger partial charge on any atom is -0.313 e. The predicted octanol–water partition coefficient (Wildman–Crippen LogP) is 2.29. The van der Waals surface area contributed by atoms with Crippen LogP contribution in [0.2, 0.25) is 0 Å². The van der Waals surface area contributed by atoms with Gasteiger partial charge in [-0.3, -0.25) is 9.36 Å². The molecule has 116 valence electrons. The molecule has 0 fully saturated rings. The van der Waals surface area contributed by atoms with Crippen LogP contribution in [0.3, 0.4) is 0 Å². The molecule has 0 saturated carbocycles. The monoisotopic (exact) mass is 289 g/mol. The SMILES string of the molecule is CCCNCc1c(CC)nn(Cc2ccn(C)n2)c1CC. The van der Waals surface area contributed by atoms with E-state index < -0.39 is 0 Å². The lowest BCUT2D eigenvalue weighted by Gasteiger charge is -2.08. The fourth-order valence-corrected chi connectivity index (χ4v) is 2.69. The highest BCUT2D eigenvalue weighted by molar-refractivity contribution is 5.27. The summed E-state index contributed by atoms with van der Waals surface area (Å²) in [5, 5.41) is 12.8. The molecule has 2 aromatic rings. The van der Waals surface area contributed by atoms with Crippen LogP contribution in [0, 0.1) is 0 Å². The zero-order valence-corrected chi connectivity index (χ0v) is 13.7. The second-order valence-electron chi connectivity index (χ2n) is 5.39. The van der Waals surface area contributed by atoms with E-state index in [2.05, 4.69) is 41.9 Å². The molecule has 5 heteroatoms. The van der Waals surface area contributed by atoms with Gasteiger partial charge in [-0.25, -0.2) is 0 Å². The Kier molecular flexibility index (Phi) is 5.56. The van der Waals surface area contributed by atoms with Crippen molar-refractivity contribution in [2.45, 2.75) is 53.1 Å². The molecule has 0 aliphatic carbocycles. The summed E-state index contributed by atoms with van der Waals surface area (Å²) in [5.41, 5.74) is 4.99. The van der Waals surface area contributed by atoms with Crippen LogP contribution in [0.25, 0.3) is 0 Å². The van der Waals surface area contributed by atoms with Crippen molar-refractivity contribution >= 4 is 0 Å². The quantitative estimate of drug-likeness (QED) is 0.759. The molecule has 5 nitrogen and oxygen atoms in total. The van der Waals surface area contributed by atoms with Gasteiger partial charge in [-0.2, -0.15) is 10.2 Å². The summed E-state index contributed by atoms with van der Waals surface area (Å²) in [6.45, 7) is 9.30. The van der Waals surface area contributed by atoms with Crippen LogP contribution < -0.4 is 5.32 Å². The molecule has 2 heterocycles. The molecule has 2 rings (SSSR count). The van der Waals surface area contributed by atoms with Gasteiger partial charge in [-0.1, -0.05) is 20.8 Å². The summed E-state index contributed by atoms with van der Waals surface area (Å²) in [7, 11) is 1.95. The third-order valence-corrected chi connectivity index (χ3v) is 3.73. The Morgan fingerprint density at radius 3 is 2.52 bits per heavy atom. The molecule has 0 spiro atoms. The van der Waals surface area contributed by atoms with Crippen molar-refractivity contribution in [1.29, 1.82) is 0 Å². The van der Waals surface area contributed by atoms with Gasteiger partial charge in [0.1, 0.15) is 0 Å². The molecule has 0 radical (unpaired) electrons. The number of aryl methyl sites for hydroxylation is 2. The Balaban J connectivity index is 2.24. The van der Waals surface area contributed by atoms with E-state index in [1.165, 1.54) is 17.0 Å². The van der Waals surface area contributed by atoms with Gasteiger partial charge in [0.15, 0.2) is 0 Å². The van der Waals surface area contributed by atoms with Crippen molar-refractivity contribution in [3.8, 4) is 0 Å². The van der Waals surface area contributed by atoms with E-state index in [1.807, 2.05) is 17.9 Å². The molecule has 2 aromatic heterocycles. The van der Waals surface area contributed by atoms with E-state index in [1.54, 1.807) is 0 Å². The van der Waals surface area contributed by atoms with E-state index in [4.69, 9.17) is 5.10 Å². The number of hydrogen-bond acceptors (Lipinski definition) is 3. The zero-order valence-electron chi connectivity index (χ0n) is 13.7. The predicted molar refractivity (Wildman–Crippen MR) is 85.3 cm³/mol. The van der Waals surface area contributed by atoms with Gasteiger partial charge in [-0.05, 0) is 31.9 Å². The Bertz CT molecular complexity index is 567. The first-order valence-corrected chi connectivity index (χ1v) is 7.96. The van der Waals surface area contributed by atoms with E-state index in [0.717, 1.165) is 44.6 Å². The largest absolute Gasteiger partial charge is 0.313 e. The van der Waals surface area contributed by atoms with Crippen LogP contribution in [0.1, 0.15) is 49.8 Å². The van der Waals surface area contributed by atoms with Crippen LogP contribution >= 0.6 is 0 Å². The maximum absolute atomic E-state index is 4.81. The maximum atomic E-state index is 4.81. The van der Waals surface area contributed by atoms with Gasteiger partial charge in [0.25, 0.3) is 0 Å². The normalized spacial score (nSPS) is 11.2. The molecule has 0 bridgehead atoms. The van der Waals surface area contributed by atoms with E-state index in [-0.39, 0.29) is 0 Å². The number of nitrogens with one attached hydrogen (secondary N) is 1. The van der Waals surface area contributed by atoms with Gasteiger partial charge in [0.05, 0.1) is 17.9 Å². The summed E-state index contributed by atoms with van der Waals surface area (Å²) < 4.78 is 3.97. The Hall–Kier alpha value is -1.62. The molecule has 0 unspecified atom stereocenters. The summed E-state index contributed by atoms with van der Waals surface area (Å²) in [5.74, 6) is 0. The molecule has 0 aromatic carbocycles. The fourth-order valence-electron chi connectivity index (χ4n) is 2.69. The van der Waals surface area contributed by atoms with Crippen LogP contribution in [0.4, 0.5) is 0 Å². The third kappa shape index (κ3) is 3.73. The van der Waals surface area contributed by atoms with Crippen molar-refractivity contribution in [3.05, 3.63) is 34.9 Å². The lowest BCUT2D eigenvalue weighted by Crippen LogP contribution is -2.16. The number of rotatable bonds is 8. The lowest BCUT2D eigenvalue weighted by molar-refractivity contribution is 0.613. The van der Waals surface area contributed by atoms with Gasteiger partial charge >= 0.3 is 0 Å². The van der Waals surface area contributed by atoms with Gasteiger partial charge in [-0.15, -0.1) is 0 Å². The van der Waals surface area contributed by atoms with Gasteiger partial charge in [0.2, 0.25) is 0 Å². The zero-order chi connectivity index (χ0) is 15.2. The number of hydrogen-bond donors (Lipinski definition) is 1. The highest BCUT2D eigenvalue weighted by Crippen LogP contribution is 2.17.